The van der Waals surface area contributed by atoms with Crippen molar-refractivity contribution in [3.63, 3.8) is 0 Å². The smallest absolute Gasteiger partial charge is 0.228 e. The molecule has 0 aliphatic heterocycles. The first-order chi connectivity index (χ1) is 12.3. The Labute approximate surface area is 149 Å². The molecular weight excluding hydrogens is 346 g/mol. The van der Waals surface area contributed by atoms with E-state index in [1.807, 2.05) is 0 Å². The van der Waals surface area contributed by atoms with Crippen LogP contribution in [-0.4, -0.2) is 55.6 Å². The Balaban J connectivity index is 1.81. The fraction of sp³-hybridized carbons (Fsp3) is 0.471. The van der Waals surface area contributed by atoms with Gasteiger partial charge in [-0.3, -0.25) is 0 Å². The van der Waals surface area contributed by atoms with Crippen molar-refractivity contribution in [2.45, 2.75) is 37.7 Å². The molecule has 2 aromatic rings. The zero-order valence-corrected chi connectivity index (χ0v) is 14.3. The predicted molar refractivity (Wildman–Crippen MR) is 88.2 cm³/mol. The lowest BCUT2D eigenvalue weighted by molar-refractivity contribution is -0.0232. The van der Waals surface area contributed by atoms with Gasteiger partial charge in [-0.15, -0.1) is 0 Å². The van der Waals surface area contributed by atoms with Gasteiger partial charge in [-0.05, 0) is 31.0 Å². The molecule has 5 atom stereocenters. The predicted octanol–water partition coefficient (Wildman–Crippen LogP) is 0.738. The van der Waals surface area contributed by atoms with Gasteiger partial charge in [0.25, 0.3) is 0 Å². The summed E-state index contributed by atoms with van der Waals surface area (Å²) < 4.78 is 26.5. The molecule has 1 aromatic carbocycles. The van der Waals surface area contributed by atoms with Crippen LogP contribution in [0.2, 0.25) is 0 Å². The highest BCUT2D eigenvalue weighted by atomic mass is 19.2. The van der Waals surface area contributed by atoms with Crippen molar-refractivity contribution in [1.29, 1.82) is 0 Å². The summed E-state index contributed by atoms with van der Waals surface area (Å²) in [5, 5.41) is 31.3. The van der Waals surface area contributed by atoms with Crippen LogP contribution in [0.3, 0.4) is 0 Å². The number of likely N-dealkylation sites (N-methyl/N-ethyl adjacent to an activating group) is 1. The van der Waals surface area contributed by atoms with E-state index in [-0.39, 0.29) is 12.0 Å². The van der Waals surface area contributed by atoms with Crippen LogP contribution in [-0.2, 0) is 0 Å². The molecular formula is C17H20F2N4O3. The molecule has 0 unspecified atom stereocenters. The van der Waals surface area contributed by atoms with Crippen molar-refractivity contribution in [3.8, 4) is 0 Å². The molecule has 9 heteroatoms. The van der Waals surface area contributed by atoms with E-state index in [2.05, 4.69) is 15.0 Å². The first-order valence-electron chi connectivity index (χ1n) is 8.17. The van der Waals surface area contributed by atoms with Crippen LogP contribution in [0.4, 0.5) is 14.7 Å². The number of anilines is 1. The minimum atomic E-state index is -1.26. The fourth-order valence-electron chi connectivity index (χ4n) is 3.37. The van der Waals surface area contributed by atoms with Gasteiger partial charge in [0.1, 0.15) is 18.3 Å². The maximum atomic E-state index is 13.4. The number of nitrogens with zero attached hydrogens (tertiary/aromatic N) is 4. The third-order valence-electron chi connectivity index (χ3n) is 4.88. The minimum Gasteiger partial charge on any atom is -0.390 e. The van der Waals surface area contributed by atoms with E-state index >= 15 is 0 Å². The van der Waals surface area contributed by atoms with E-state index in [1.165, 1.54) is 12.4 Å². The molecule has 7 nitrogen and oxygen atoms in total. The number of benzene rings is 1. The molecule has 1 fully saturated rings. The van der Waals surface area contributed by atoms with Crippen molar-refractivity contribution >= 4 is 5.95 Å². The highest BCUT2D eigenvalue weighted by Gasteiger charge is 2.47. The van der Waals surface area contributed by atoms with Gasteiger partial charge in [0, 0.05) is 13.0 Å². The SMILES string of the molecule is Cc1ncnc(N(C)[C@@H]2C[C@@H]([C@H](O)c3ccc(F)c(F)c3)[C@@H](O)[C@H]2O)n1. The van der Waals surface area contributed by atoms with Crippen molar-refractivity contribution < 1.29 is 24.1 Å². The van der Waals surface area contributed by atoms with Crippen molar-refractivity contribution in [2.24, 2.45) is 5.92 Å². The average Bonchev–Trinajstić information content (AvgIpc) is 2.91. The van der Waals surface area contributed by atoms with Crippen LogP contribution in [0, 0.1) is 24.5 Å². The van der Waals surface area contributed by atoms with E-state index < -0.39 is 41.9 Å². The summed E-state index contributed by atoms with van der Waals surface area (Å²) in [5.74, 6) is -2.02. The molecule has 1 aliphatic rings. The molecule has 0 spiro atoms. The van der Waals surface area contributed by atoms with E-state index in [4.69, 9.17) is 0 Å². The Morgan fingerprint density at radius 1 is 1.15 bits per heavy atom. The molecule has 3 rings (SSSR count). The number of hydrogen-bond acceptors (Lipinski definition) is 7. The van der Waals surface area contributed by atoms with Crippen LogP contribution in [0.25, 0.3) is 0 Å². The zero-order chi connectivity index (χ0) is 19.0. The second-order valence-electron chi connectivity index (χ2n) is 6.51. The summed E-state index contributed by atoms with van der Waals surface area (Å²) in [7, 11) is 1.67. The van der Waals surface area contributed by atoms with Crippen molar-refractivity contribution in [1.82, 2.24) is 15.0 Å². The van der Waals surface area contributed by atoms with Crippen LogP contribution in [0.5, 0.6) is 0 Å². The Hall–Kier alpha value is -2.23. The lowest BCUT2D eigenvalue weighted by Gasteiger charge is -2.27. The summed E-state index contributed by atoms with van der Waals surface area (Å²) in [6.45, 7) is 1.70. The number of aryl methyl sites for hydroxylation is 1. The molecule has 26 heavy (non-hydrogen) atoms. The highest BCUT2D eigenvalue weighted by molar-refractivity contribution is 5.32. The van der Waals surface area contributed by atoms with Gasteiger partial charge in [0.15, 0.2) is 11.6 Å². The molecule has 140 valence electrons. The second kappa shape index (κ2) is 7.18. The molecule has 3 N–H and O–H groups in total. The van der Waals surface area contributed by atoms with Crippen LogP contribution >= 0.6 is 0 Å². The molecule has 1 saturated carbocycles. The molecule has 0 bridgehead atoms. The second-order valence-corrected chi connectivity index (χ2v) is 6.51. The Kier molecular flexibility index (Phi) is 5.12. The molecule has 1 heterocycles. The van der Waals surface area contributed by atoms with Gasteiger partial charge in [0.2, 0.25) is 5.95 Å². The lowest BCUT2D eigenvalue weighted by Crippen LogP contribution is -2.42. The normalized spacial score (nSPS) is 26.7. The first kappa shape index (κ1) is 18.6. The van der Waals surface area contributed by atoms with Gasteiger partial charge < -0.3 is 20.2 Å². The first-order valence-corrected chi connectivity index (χ1v) is 8.17. The Morgan fingerprint density at radius 2 is 1.88 bits per heavy atom. The Bertz CT molecular complexity index is 794. The monoisotopic (exact) mass is 366 g/mol. The van der Waals surface area contributed by atoms with Gasteiger partial charge >= 0.3 is 0 Å². The maximum absolute atomic E-state index is 13.4. The van der Waals surface area contributed by atoms with Crippen molar-refractivity contribution in [3.05, 3.63) is 47.5 Å². The van der Waals surface area contributed by atoms with Crippen LogP contribution in [0.15, 0.2) is 24.5 Å². The van der Waals surface area contributed by atoms with Gasteiger partial charge in [0.05, 0.1) is 18.2 Å². The molecule has 1 aromatic heterocycles. The van der Waals surface area contributed by atoms with E-state index in [9.17, 15) is 24.1 Å². The summed E-state index contributed by atoms with van der Waals surface area (Å²) >= 11 is 0. The summed E-state index contributed by atoms with van der Waals surface area (Å²) in [4.78, 5) is 13.8. The molecule has 0 amide bonds. The fourth-order valence-corrected chi connectivity index (χ4v) is 3.37. The molecule has 0 radical (unpaired) electrons. The largest absolute Gasteiger partial charge is 0.390 e. The van der Waals surface area contributed by atoms with Crippen LogP contribution in [0.1, 0.15) is 23.9 Å². The van der Waals surface area contributed by atoms with E-state index in [0.717, 1.165) is 12.1 Å². The maximum Gasteiger partial charge on any atom is 0.228 e. The standard InChI is InChI=1S/C17H20F2N4O3/c1-8-20-7-21-17(22-8)23(2)13-6-10(15(25)16(13)26)14(24)9-3-4-11(18)12(19)5-9/h3-5,7,10,13-16,24-26H,6H2,1-2H3/t10-,13+,14+,15+,16-/m0/s1. The molecule has 0 saturated heterocycles. The number of halogens is 2. The number of aromatic nitrogens is 3. The van der Waals surface area contributed by atoms with Gasteiger partial charge in [-0.25, -0.2) is 18.7 Å². The van der Waals surface area contributed by atoms with Crippen LogP contribution < -0.4 is 4.90 Å². The topological polar surface area (TPSA) is 103 Å². The summed E-state index contributed by atoms with van der Waals surface area (Å²) in [5.41, 5.74) is 0.138. The third-order valence-corrected chi connectivity index (χ3v) is 4.88. The van der Waals surface area contributed by atoms with E-state index in [0.29, 0.717) is 11.8 Å². The van der Waals surface area contributed by atoms with Crippen molar-refractivity contribution in [2.75, 3.05) is 11.9 Å². The molecule has 1 aliphatic carbocycles. The number of rotatable bonds is 4. The van der Waals surface area contributed by atoms with Gasteiger partial charge in [-0.1, -0.05) is 6.07 Å². The highest BCUT2D eigenvalue weighted by Crippen LogP contribution is 2.39. The zero-order valence-electron chi connectivity index (χ0n) is 14.3. The lowest BCUT2D eigenvalue weighted by atomic mass is 9.92. The van der Waals surface area contributed by atoms with Gasteiger partial charge in [-0.2, -0.15) is 4.98 Å². The summed E-state index contributed by atoms with van der Waals surface area (Å²) in [6, 6.07) is 2.51. The number of aliphatic hydroxyl groups is 3. The number of hydrogen-bond donors (Lipinski definition) is 3. The Morgan fingerprint density at radius 3 is 2.54 bits per heavy atom. The number of aliphatic hydroxyl groups excluding tert-OH is 3. The average molecular weight is 366 g/mol. The van der Waals surface area contributed by atoms with E-state index in [1.54, 1.807) is 18.9 Å². The third kappa shape index (κ3) is 3.37. The summed E-state index contributed by atoms with van der Waals surface area (Å²) in [6.07, 6.45) is -2.10. The minimum absolute atomic E-state index is 0.138. The quantitative estimate of drug-likeness (QED) is 0.733.